The van der Waals surface area contributed by atoms with Crippen LogP contribution < -0.4 is 4.74 Å². The van der Waals surface area contributed by atoms with E-state index in [1.54, 1.807) is 29.7 Å². The highest BCUT2D eigenvalue weighted by atomic mass is 32.1. The zero-order valence-electron chi connectivity index (χ0n) is 8.80. The van der Waals surface area contributed by atoms with Gasteiger partial charge in [-0.05, 0) is 36.1 Å². The first-order valence-electron chi connectivity index (χ1n) is 4.82. The van der Waals surface area contributed by atoms with Crippen LogP contribution in [0.2, 0.25) is 0 Å². The van der Waals surface area contributed by atoms with Gasteiger partial charge in [-0.15, -0.1) is 11.3 Å². The van der Waals surface area contributed by atoms with Crippen molar-refractivity contribution in [2.24, 2.45) is 0 Å². The Hall–Kier alpha value is -1.86. The Morgan fingerprint density at radius 1 is 1.50 bits per heavy atom. The number of hydrogen-bond donors (Lipinski definition) is 0. The molecule has 0 saturated heterocycles. The summed E-state index contributed by atoms with van der Waals surface area (Å²) in [5, 5.41) is 10.9. The average Bonchev–Trinajstić information content (AvgIpc) is 2.72. The number of nitriles is 1. The van der Waals surface area contributed by atoms with E-state index in [2.05, 4.69) is 11.1 Å². The van der Waals surface area contributed by atoms with E-state index in [-0.39, 0.29) is 0 Å². The lowest BCUT2D eigenvalue weighted by molar-refractivity contribution is 0.295. The molecule has 3 nitrogen and oxygen atoms in total. The minimum absolute atomic E-state index is 0.401. The third-order valence-corrected chi connectivity index (χ3v) is 3.20. The summed E-state index contributed by atoms with van der Waals surface area (Å²) in [6.07, 6.45) is 1.62. The first kappa shape index (κ1) is 10.7. The first-order valence-corrected chi connectivity index (χ1v) is 5.70. The summed E-state index contributed by atoms with van der Waals surface area (Å²) in [6, 6.07) is 7.53. The summed E-state index contributed by atoms with van der Waals surface area (Å²) in [7, 11) is 0. The van der Waals surface area contributed by atoms with Crippen LogP contribution in [0.15, 0.2) is 29.8 Å². The van der Waals surface area contributed by atoms with Crippen molar-refractivity contribution in [3.8, 4) is 11.9 Å². The average molecular weight is 230 g/mol. The van der Waals surface area contributed by atoms with Crippen molar-refractivity contribution in [3.63, 3.8) is 0 Å². The lowest BCUT2D eigenvalue weighted by Gasteiger charge is -2.05. The van der Waals surface area contributed by atoms with Gasteiger partial charge >= 0.3 is 0 Å². The predicted molar refractivity (Wildman–Crippen MR) is 62.3 cm³/mol. The van der Waals surface area contributed by atoms with Crippen LogP contribution in [-0.4, -0.2) is 4.98 Å². The van der Waals surface area contributed by atoms with Gasteiger partial charge in [-0.1, -0.05) is 0 Å². The summed E-state index contributed by atoms with van der Waals surface area (Å²) in [4.78, 5) is 5.20. The molecule has 0 saturated carbocycles. The summed E-state index contributed by atoms with van der Waals surface area (Å²) in [6.45, 7) is 2.51. The molecule has 0 aliphatic rings. The van der Waals surface area contributed by atoms with Crippen LogP contribution in [0.25, 0.3) is 0 Å². The van der Waals surface area contributed by atoms with Crippen LogP contribution in [-0.2, 0) is 6.61 Å². The van der Waals surface area contributed by atoms with E-state index < -0.39 is 0 Å². The standard InChI is InChI=1S/C12H10N2OS/c1-9-4-6-16-11(9)8-15-12-10(7-13)3-2-5-14-12/h2-6H,8H2,1H3. The fourth-order valence-corrected chi connectivity index (χ4v) is 2.09. The fourth-order valence-electron chi connectivity index (χ4n) is 1.28. The van der Waals surface area contributed by atoms with E-state index in [0.717, 1.165) is 4.88 Å². The number of thiophene rings is 1. The number of aromatic nitrogens is 1. The Labute approximate surface area is 97.9 Å². The molecule has 0 spiro atoms. The lowest BCUT2D eigenvalue weighted by atomic mass is 10.3. The molecule has 2 heterocycles. The molecule has 0 aromatic carbocycles. The zero-order valence-corrected chi connectivity index (χ0v) is 9.62. The molecule has 0 radical (unpaired) electrons. The molecule has 0 atom stereocenters. The molecule has 0 N–H and O–H groups in total. The Morgan fingerprint density at radius 3 is 3.06 bits per heavy atom. The van der Waals surface area contributed by atoms with Crippen molar-refractivity contribution in [2.45, 2.75) is 13.5 Å². The van der Waals surface area contributed by atoms with Gasteiger partial charge in [0, 0.05) is 11.1 Å². The lowest BCUT2D eigenvalue weighted by Crippen LogP contribution is -1.98. The van der Waals surface area contributed by atoms with Crippen LogP contribution in [0.3, 0.4) is 0 Å². The Kier molecular flexibility index (Phi) is 3.18. The zero-order chi connectivity index (χ0) is 11.4. The predicted octanol–water partition coefficient (Wildman–Crippen LogP) is 2.90. The highest BCUT2D eigenvalue weighted by Crippen LogP contribution is 2.19. The van der Waals surface area contributed by atoms with Gasteiger partial charge in [0.1, 0.15) is 18.2 Å². The molecule has 80 valence electrons. The van der Waals surface area contributed by atoms with Crippen molar-refractivity contribution < 1.29 is 4.74 Å². The number of rotatable bonds is 3. The van der Waals surface area contributed by atoms with E-state index in [1.807, 2.05) is 18.4 Å². The molecule has 2 aromatic heterocycles. The molecule has 0 unspecified atom stereocenters. The van der Waals surface area contributed by atoms with E-state index in [1.165, 1.54) is 5.56 Å². The minimum Gasteiger partial charge on any atom is -0.471 e. The highest BCUT2D eigenvalue weighted by Gasteiger charge is 2.05. The molecular weight excluding hydrogens is 220 g/mol. The summed E-state index contributed by atoms with van der Waals surface area (Å²) < 4.78 is 5.53. The third-order valence-electron chi connectivity index (χ3n) is 2.20. The van der Waals surface area contributed by atoms with Gasteiger partial charge in [0.2, 0.25) is 5.88 Å². The molecule has 0 bridgehead atoms. The van der Waals surface area contributed by atoms with Gasteiger partial charge in [0.05, 0.1) is 0 Å². The number of ether oxygens (including phenoxy) is 1. The van der Waals surface area contributed by atoms with Gasteiger partial charge in [-0.25, -0.2) is 4.98 Å². The molecule has 0 aliphatic heterocycles. The maximum atomic E-state index is 8.86. The quantitative estimate of drug-likeness (QED) is 0.814. The first-order chi connectivity index (χ1) is 7.81. The van der Waals surface area contributed by atoms with Crippen molar-refractivity contribution in [1.29, 1.82) is 5.26 Å². The Morgan fingerprint density at radius 2 is 2.38 bits per heavy atom. The van der Waals surface area contributed by atoms with E-state index in [9.17, 15) is 0 Å². The van der Waals surface area contributed by atoms with Crippen LogP contribution >= 0.6 is 11.3 Å². The van der Waals surface area contributed by atoms with E-state index in [4.69, 9.17) is 10.00 Å². The van der Waals surface area contributed by atoms with Crippen LogP contribution in [0.4, 0.5) is 0 Å². The number of pyridine rings is 1. The SMILES string of the molecule is Cc1ccsc1COc1ncccc1C#N. The third kappa shape index (κ3) is 2.20. The Bertz CT molecular complexity index is 528. The van der Waals surface area contributed by atoms with Gasteiger partial charge in [0.25, 0.3) is 0 Å². The van der Waals surface area contributed by atoms with Crippen LogP contribution in [0.5, 0.6) is 5.88 Å². The summed E-state index contributed by atoms with van der Waals surface area (Å²) in [5.74, 6) is 0.401. The maximum absolute atomic E-state index is 8.86. The smallest absolute Gasteiger partial charge is 0.231 e. The summed E-state index contributed by atoms with van der Waals surface area (Å²) in [5.41, 5.74) is 1.68. The second-order valence-corrected chi connectivity index (χ2v) is 4.28. The van der Waals surface area contributed by atoms with Gasteiger partial charge in [-0.3, -0.25) is 0 Å². The largest absolute Gasteiger partial charge is 0.471 e. The number of hydrogen-bond acceptors (Lipinski definition) is 4. The van der Waals surface area contributed by atoms with Gasteiger partial charge in [0.15, 0.2) is 0 Å². The molecule has 2 rings (SSSR count). The molecular formula is C12H10N2OS. The van der Waals surface area contributed by atoms with Crippen LogP contribution in [0, 0.1) is 18.3 Å². The number of aryl methyl sites for hydroxylation is 1. The van der Waals surface area contributed by atoms with Gasteiger partial charge in [-0.2, -0.15) is 5.26 Å². The van der Waals surface area contributed by atoms with Crippen molar-refractivity contribution in [3.05, 3.63) is 45.8 Å². The molecule has 0 fully saturated rings. The molecule has 16 heavy (non-hydrogen) atoms. The highest BCUT2D eigenvalue weighted by molar-refractivity contribution is 7.10. The fraction of sp³-hybridized carbons (Fsp3) is 0.167. The van der Waals surface area contributed by atoms with Crippen molar-refractivity contribution >= 4 is 11.3 Å². The minimum atomic E-state index is 0.401. The topological polar surface area (TPSA) is 45.9 Å². The molecule has 2 aromatic rings. The van der Waals surface area contributed by atoms with Crippen LogP contribution in [0.1, 0.15) is 16.0 Å². The monoisotopic (exact) mass is 230 g/mol. The number of nitrogens with zero attached hydrogens (tertiary/aromatic N) is 2. The van der Waals surface area contributed by atoms with E-state index in [0.29, 0.717) is 18.1 Å². The molecule has 4 heteroatoms. The maximum Gasteiger partial charge on any atom is 0.231 e. The second-order valence-electron chi connectivity index (χ2n) is 3.28. The molecule has 0 aliphatic carbocycles. The normalized spacial score (nSPS) is 9.75. The van der Waals surface area contributed by atoms with E-state index >= 15 is 0 Å². The molecule has 0 amide bonds. The van der Waals surface area contributed by atoms with Gasteiger partial charge < -0.3 is 4.74 Å². The second kappa shape index (κ2) is 4.77. The summed E-state index contributed by atoms with van der Waals surface area (Å²) >= 11 is 1.65. The van der Waals surface area contributed by atoms with Crippen molar-refractivity contribution in [1.82, 2.24) is 4.98 Å². The Balaban J connectivity index is 2.11. The van der Waals surface area contributed by atoms with Crippen molar-refractivity contribution in [2.75, 3.05) is 0 Å².